The molecule has 12 nitrogen and oxygen atoms in total. The Labute approximate surface area is 335 Å². The van der Waals surface area contributed by atoms with Crippen molar-refractivity contribution in [3.8, 4) is 6.07 Å². The third-order valence-electron chi connectivity index (χ3n) is 7.05. The quantitative estimate of drug-likeness (QED) is 0.0539. The van der Waals surface area contributed by atoms with Gasteiger partial charge in [-0.2, -0.15) is 10.4 Å². The molecule has 2 heterocycles. The molecule has 19 heteroatoms. The first-order chi connectivity index (χ1) is 22.9. The number of hydrogen-bond donors (Lipinski definition) is 0. The van der Waals surface area contributed by atoms with Crippen LogP contribution in [-0.2, 0) is 40.2 Å². The zero-order valence-corrected chi connectivity index (χ0v) is 33.2. The summed E-state index contributed by atoms with van der Waals surface area (Å²) in [5, 5.41) is 11.9. The minimum absolute atomic E-state index is 0. The third kappa shape index (κ3) is 13.3. The Hall–Kier alpha value is -1.81. The van der Waals surface area contributed by atoms with Crippen LogP contribution in [0.2, 0.25) is 0 Å². The standard InChI is InChI=1S/C31H32F3N4O8PS.2Na/c1-21(48-25-16-43-30(44-17-25)7-3-2-5-23-9-8-22(15-35)13-27(23)33)31(18-38-20-36-19-37-38,26-11-10-24(32)14-28(26)34)46-29(39)6-4-12-45-47(40,41)42;;/h2-3,5,7-11,13-14,19-21,25,30H,4,6,12,16-18H2,1H3,(H2,40,41,42);;/q;2*+1/p-2/t21-,25-,30-,31-;;/m1../s1. The minimum atomic E-state index is -5.24. The van der Waals surface area contributed by atoms with Crippen LogP contribution in [0.5, 0.6) is 0 Å². The number of benzene rings is 2. The molecule has 0 aliphatic carbocycles. The number of phosphoric acid groups is 1. The average molecular weight is 753 g/mol. The number of nitrogens with zero attached hydrogens (tertiary/aromatic N) is 4. The molecule has 0 radical (unpaired) electrons. The summed E-state index contributed by atoms with van der Waals surface area (Å²) in [6.07, 6.45) is 7.65. The van der Waals surface area contributed by atoms with Gasteiger partial charge < -0.3 is 33.1 Å². The van der Waals surface area contributed by atoms with Crippen LogP contribution in [0.4, 0.5) is 13.2 Å². The Morgan fingerprint density at radius 2 is 1.92 bits per heavy atom. The second kappa shape index (κ2) is 21.0. The predicted molar refractivity (Wildman–Crippen MR) is 163 cm³/mol. The SMILES string of the molecule is C[C@@H](S[C@H]1CO[C@H](C=CC=Cc2ccc(C#N)cc2F)OC1)[C@@](Cn1cncn1)(OC(=O)CCCOP(=O)([O-])[O-])c1ccc(F)cc1F.[Na+].[Na+]. The monoisotopic (exact) mass is 752 g/mol. The van der Waals surface area contributed by atoms with Crippen LogP contribution >= 0.6 is 19.6 Å². The number of esters is 1. The van der Waals surface area contributed by atoms with Crippen LogP contribution in [-0.4, -0.2) is 57.3 Å². The predicted octanol–water partition coefficient (Wildman–Crippen LogP) is -2.23. The smallest absolute Gasteiger partial charge is 0.790 e. The van der Waals surface area contributed by atoms with Crippen molar-refractivity contribution in [2.75, 3.05) is 19.8 Å². The summed E-state index contributed by atoms with van der Waals surface area (Å²) in [6.45, 7) is 1.26. The van der Waals surface area contributed by atoms with Gasteiger partial charge in [-0.3, -0.25) is 4.79 Å². The van der Waals surface area contributed by atoms with Gasteiger partial charge >= 0.3 is 65.1 Å². The summed E-state index contributed by atoms with van der Waals surface area (Å²) in [5.74, 6) is -3.23. The van der Waals surface area contributed by atoms with Gasteiger partial charge in [-0.25, -0.2) is 22.8 Å². The summed E-state index contributed by atoms with van der Waals surface area (Å²) in [4.78, 5) is 38.6. The van der Waals surface area contributed by atoms with Gasteiger partial charge in [0, 0.05) is 28.9 Å². The molecule has 0 saturated carbocycles. The number of allylic oxidation sites excluding steroid dienone is 2. The second-order valence-electron chi connectivity index (χ2n) is 10.5. The Balaban J connectivity index is 0.00000433. The molecule has 1 saturated heterocycles. The van der Waals surface area contributed by atoms with E-state index in [4.69, 9.17) is 19.5 Å². The zero-order valence-electron chi connectivity index (χ0n) is 27.4. The normalized spacial score (nSPS) is 18.1. The Morgan fingerprint density at radius 1 is 1.18 bits per heavy atom. The van der Waals surface area contributed by atoms with E-state index in [2.05, 4.69) is 14.6 Å². The fraction of sp³-hybridized carbons (Fsp3) is 0.355. The summed E-state index contributed by atoms with van der Waals surface area (Å²) in [5.41, 5.74) is -1.42. The molecule has 1 fully saturated rings. The molecule has 0 unspecified atom stereocenters. The van der Waals surface area contributed by atoms with Gasteiger partial charge in [-0.15, -0.1) is 11.8 Å². The van der Waals surface area contributed by atoms with Gasteiger partial charge in [0.2, 0.25) is 0 Å². The fourth-order valence-electron chi connectivity index (χ4n) is 4.77. The summed E-state index contributed by atoms with van der Waals surface area (Å²) < 4.78 is 77.4. The van der Waals surface area contributed by atoms with Crippen LogP contribution in [0.1, 0.15) is 36.5 Å². The number of rotatable bonds is 15. The van der Waals surface area contributed by atoms with Crippen molar-refractivity contribution in [3.05, 3.63) is 101 Å². The van der Waals surface area contributed by atoms with Crippen LogP contribution in [0.15, 0.2) is 67.3 Å². The van der Waals surface area contributed by atoms with Gasteiger partial charge in [-0.05, 0) is 43.7 Å². The summed E-state index contributed by atoms with van der Waals surface area (Å²) in [7, 11) is -5.24. The maximum atomic E-state index is 15.5. The van der Waals surface area contributed by atoms with Gasteiger partial charge in [0.1, 0.15) is 30.1 Å². The van der Waals surface area contributed by atoms with E-state index in [9.17, 15) is 27.9 Å². The number of phosphoric ester groups is 1. The van der Waals surface area contributed by atoms with E-state index < -0.39 is 55.0 Å². The molecule has 256 valence electrons. The zero-order chi connectivity index (χ0) is 34.7. The van der Waals surface area contributed by atoms with Crippen molar-refractivity contribution in [2.24, 2.45) is 0 Å². The first-order valence-corrected chi connectivity index (χ1v) is 16.9. The molecule has 2 atom stereocenters. The summed E-state index contributed by atoms with van der Waals surface area (Å²) >= 11 is 1.27. The van der Waals surface area contributed by atoms with E-state index >= 15 is 4.39 Å². The molecule has 0 bridgehead atoms. The molecule has 50 heavy (non-hydrogen) atoms. The Kier molecular flexibility index (Phi) is 18.7. The molecule has 1 aliphatic rings. The molecule has 1 aliphatic heterocycles. The molecule has 1 aromatic heterocycles. The van der Waals surface area contributed by atoms with E-state index in [0.29, 0.717) is 11.6 Å². The summed E-state index contributed by atoms with van der Waals surface area (Å²) in [6, 6.07) is 8.87. The topological polar surface area (TPSA) is 172 Å². The number of halogens is 3. The van der Waals surface area contributed by atoms with Crippen molar-refractivity contribution >= 4 is 31.6 Å². The Bertz CT molecular complexity index is 1710. The molecule has 4 rings (SSSR count). The first-order valence-electron chi connectivity index (χ1n) is 14.5. The number of nitriles is 1. The number of ether oxygens (including phenoxy) is 3. The second-order valence-corrected chi connectivity index (χ2v) is 13.3. The first kappa shape index (κ1) is 44.4. The maximum absolute atomic E-state index is 15.5. The maximum Gasteiger partial charge on any atom is 1.00 e. The number of aromatic nitrogens is 3. The number of thioether (sulfide) groups is 1. The molecule has 0 spiro atoms. The molecular weight excluding hydrogens is 722 g/mol. The van der Waals surface area contributed by atoms with Crippen molar-refractivity contribution in [1.29, 1.82) is 5.26 Å². The largest absolute Gasteiger partial charge is 1.00 e. The van der Waals surface area contributed by atoms with E-state index in [1.54, 1.807) is 25.2 Å². The van der Waals surface area contributed by atoms with E-state index in [0.717, 1.165) is 12.1 Å². The van der Waals surface area contributed by atoms with Gasteiger partial charge in [-0.1, -0.05) is 24.3 Å². The van der Waals surface area contributed by atoms with Crippen molar-refractivity contribution in [3.63, 3.8) is 0 Å². The molecular formula is C31H30F3N4Na2O8PS. The number of carbonyl (C=O) groups excluding carboxylic acids is 1. The van der Waals surface area contributed by atoms with E-state index in [1.807, 2.05) is 6.07 Å². The number of hydrogen-bond acceptors (Lipinski definition) is 12. The Morgan fingerprint density at radius 3 is 2.54 bits per heavy atom. The van der Waals surface area contributed by atoms with Crippen molar-refractivity contribution in [1.82, 2.24) is 14.8 Å². The molecule has 3 aromatic rings. The van der Waals surface area contributed by atoms with Crippen molar-refractivity contribution in [2.45, 2.75) is 48.7 Å². The van der Waals surface area contributed by atoms with E-state index in [-0.39, 0.29) is 108 Å². The minimum Gasteiger partial charge on any atom is -0.790 e. The van der Waals surface area contributed by atoms with Gasteiger partial charge in [0.05, 0.1) is 51.1 Å². The van der Waals surface area contributed by atoms with Crippen molar-refractivity contribution < 1.29 is 110 Å². The van der Waals surface area contributed by atoms with Gasteiger partial charge in [0.15, 0.2) is 11.9 Å². The van der Waals surface area contributed by atoms with E-state index in [1.165, 1.54) is 53.4 Å². The molecule has 0 N–H and O–H groups in total. The third-order valence-corrected chi connectivity index (χ3v) is 9.00. The van der Waals surface area contributed by atoms with Crippen LogP contribution in [0, 0.1) is 28.8 Å². The van der Waals surface area contributed by atoms with Crippen LogP contribution < -0.4 is 68.9 Å². The molecule has 2 aromatic carbocycles. The van der Waals surface area contributed by atoms with Gasteiger partial charge in [0.25, 0.3) is 0 Å². The number of carbonyl (C=O) groups is 1. The fourth-order valence-corrected chi connectivity index (χ4v) is 6.49. The molecule has 0 amide bonds. The van der Waals surface area contributed by atoms with Crippen LogP contribution in [0.25, 0.3) is 6.08 Å². The van der Waals surface area contributed by atoms with Crippen LogP contribution in [0.3, 0.4) is 0 Å². The average Bonchev–Trinajstić information content (AvgIpc) is 3.55.